The summed E-state index contributed by atoms with van der Waals surface area (Å²) in [6.07, 6.45) is 10.8. The fourth-order valence-electron chi connectivity index (χ4n) is 3.18. The first kappa shape index (κ1) is 5.40. The number of allylic oxidation sites excluding steroid dienone is 2. The predicted molar refractivity (Wildman–Crippen MR) is 41.6 cm³/mol. The molecule has 0 saturated heterocycles. The third-order valence-corrected chi connectivity index (χ3v) is 3.73. The van der Waals surface area contributed by atoms with Gasteiger partial charge in [0.15, 0.2) is 0 Å². The van der Waals surface area contributed by atoms with Gasteiger partial charge in [0.1, 0.15) is 0 Å². The van der Waals surface area contributed by atoms with Crippen molar-refractivity contribution in [2.45, 2.75) is 25.7 Å². The molecule has 2 atom stereocenters. The van der Waals surface area contributed by atoms with Crippen LogP contribution in [0, 0.1) is 23.7 Å². The van der Waals surface area contributed by atoms with Gasteiger partial charge in [0.25, 0.3) is 0 Å². The summed E-state index contributed by atoms with van der Waals surface area (Å²) in [7, 11) is 0. The quantitative estimate of drug-likeness (QED) is 0.447. The molecule has 0 nitrogen and oxygen atoms in total. The van der Waals surface area contributed by atoms with Gasteiger partial charge in [-0.05, 0) is 49.4 Å². The smallest absolute Gasteiger partial charge is 0.0228 e. The molecular weight excluding hydrogens is 120 g/mol. The second-order valence-corrected chi connectivity index (χ2v) is 4.23. The van der Waals surface area contributed by atoms with Crippen molar-refractivity contribution in [3.63, 3.8) is 0 Å². The molecule has 0 heteroatoms. The second kappa shape index (κ2) is 1.66. The van der Waals surface area contributed by atoms with Crippen LogP contribution in [0.25, 0.3) is 0 Å². The Morgan fingerprint density at radius 2 is 1.80 bits per heavy atom. The lowest BCUT2D eigenvalue weighted by atomic mass is 9.94. The van der Waals surface area contributed by atoms with Crippen LogP contribution < -0.4 is 0 Å². The summed E-state index contributed by atoms with van der Waals surface area (Å²) in [5, 5.41) is 0. The van der Waals surface area contributed by atoms with E-state index in [4.69, 9.17) is 0 Å². The Morgan fingerprint density at radius 1 is 1.00 bits per heavy atom. The van der Waals surface area contributed by atoms with E-state index in [1.807, 2.05) is 0 Å². The third-order valence-electron chi connectivity index (χ3n) is 3.73. The number of rotatable bonds is 0. The third kappa shape index (κ3) is 0.574. The van der Waals surface area contributed by atoms with Crippen molar-refractivity contribution in [2.24, 2.45) is 23.7 Å². The van der Waals surface area contributed by atoms with E-state index in [2.05, 4.69) is 12.2 Å². The fourth-order valence-corrected chi connectivity index (χ4v) is 3.18. The van der Waals surface area contributed by atoms with Gasteiger partial charge >= 0.3 is 0 Å². The first-order valence-electron chi connectivity index (χ1n) is 4.62. The topological polar surface area (TPSA) is 0 Å². The van der Waals surface area contributed by atoms with Crippen LogP contribution >= 0.6 is 0 Å². The predicted octanol–water partition coefficient (Wildman–Crippen LogP) is 2.61. The molecule has 0 aromatic rings. The van der Waals surface area contributed by atoms with Crippen molar-refractivity contribution >= 4 is 0 Å². The van der Waals surface area contributed by atoms with Crippen molar-refractivity contribution in [1.82, 2.24) is 0 Å². The molecule has 4 aliphatic rings. The first-order chi connectivity index (χ1) is 4.95. The Morgan fingerprint density at radius 3 is 2.60 bits per heavy atom. The van der Waals surface area contributed by atoms with E-state index in [9.17, 15) is 0 Å². The zero-order chi connectivity index (χ0) is 6.55. The van der Waals surface area contributed by atoms with Gasteiger partial charge in [0.05, 0.1) is 0 Å². The van der Waals surface area contributed by atoms with E-state index >= 15 is 0 Å². The highest BCUT2D eigenvalue weighted by Crippen LogP contribution is 2.62. The molecule has 2 unspecified atom stereocenters. The van der Waals surface area contributed by atoms with Crippen LogP contribution in [0.5, 0.6) is 0 Å². The summed E-state index contributed by atoms with van der Waals surface area (Å²) >= 11 is 0. The van der Waals surface area contributed by atoms with Gasteiger partial charge in [-0.1, -0.05) is 12.2 Å². The fraction of sp³-hybridized carbons (Fsp3) is 0.800. The zero-order valence-electron chi connectivity index (χ0n) is 6.29. The van der Waals surface area contributed by atoms with Crippen LogP contribution in [0.3, 0.4) is 0 Å². The Hall–Kier alpha value is -0.260. The Kier molecular flexibility index (Phi) is 0.898. The molecule has 0 heterocycles. The Balaban J connectivity index is 1.90. The second-order valence-electron chi connectivity index (χ2n) is 4.23. The number of hydrogen-bond acceptors (Lipinski definition) is 0. The highest BCUT2D eigenvalue weighted by Gasteiger charge is 2.54. The molecule has 0 aliphatic heterocycles. The molecule has 0 amide bonds. The minimum Gasteiger partial charge on any atom is -0.0882 e. The van der Waals surface area contributed by atoms with Crippen molar-refractivity contribution in [1.29, 1.82) is 0 Å². The molecule has 0 radical (unpaired) electrons. The molecule has 4 bridgehead atoms. The highest BCUT2D eigenvalue weighted by molar-refractivity contribution is 5.10. The van der Waals surface area contributed by atoms with Gasteiger partial charge in [0, 0.05) is 0 Å². The molecule has 0 aromatic heterocycles. The average Bonchev–Trinajstić information content (AvgIpc) is 2.43. The molecule has 2 fully saturated rings. The number of hydrogen-bond donors (Lipinski definition) is 0. The van der Waals surface area contributed by atoms with Crippen LogP contribution in [0.15, 0.2) is 12.2 Å². The molecular formula is C10H14. The van der Waals surface area contributed by atoms with E-state index in [-0.39, 0.29) is 0 Å². The maximum Gasteiger partial charge on any atom is -0.0228 e. The monoisotopic (exact) mass is 134 g/mol. The minimum atomic E-state index is 0.992. The lowest BCUT2D eigenvalue weighted by Gasteiger charge is -2.12. The van der Waals surface area contributed by atoms with Crippen molar-refractivity contribution in [2.75, 3.05) is 0 Å². The summed E-state index contributed by atoms with van der Waals surface area (Å²) in [6, 6.07) is 0. The van der Waals surface area contributed by atoms with E-state index in [0.717, 1.165) is 5.92 Å². The molecule has 10 heavy (non-hydrogen) atoms. The summed E-state index contributed by atoms with van der Waals surface area (Å²) < 4.78 is 0. The lowest BCUT2D eigenvalue weighted by molar-refractivity contribution is 0.476. The van der Waals surface area contributed by atoms with Gasteiger partial charge in [-0.15, -0.1) is 0 Å². The Bertz CT molecular complexity index is 162. The van der Waals surface area contributed by atoms with Gasteiger partial charge in [0.2, 0.25) is 0 Å². The van der Waals surface area contributed by atoms with E-state index < -0.39 is 0 Å². The molecule has 0 aromatic carbocycles. The van der Waals surface area contributed by atoms with Gasteiger partial charge in [-0.2, -0.15) is 0 Å². The van der Waals surface area contributed by atoms with Gasteiger partial charge < -0.3 is 0 Å². The van der Waals surface area contributed by atoms with Gasteiger partial charge in [-0.3, -0.25) is 0 Å². The van der Waals surface area contributed by atoms with Gasteiger partial charge in [-0.25, -0.2) is 0 Å². The molecule has 0 N–H and O–H groups in total. The SMILES string of the molecule is C1=CC2CC3C(CC1)C3C2. The average molecular weight is 134 g/mol. The van der Waals surface area contributed by atoms with Crippen LogP contribution in [0.4, 0.5) is 0 Å². The molecule has 4 rings (SSSR count). The van der Waals surface area contributed by atoms with Crippen LogP contribution in [-0.2, 0) is 0 Å². The number of fused-ring (bicyclic) bond motifs is 2. The normalized spacial score (nSPS) is 56.0. The lowest BCUT2D eigenvalue weighted by Crippen LogP contribution is -2.00. The zero-order valence-corrected chi connectivity index (χ0v) is 6.29. The van der Waals surface area contributed by atoms with Crippen molar-refractivity contribution in [3.8, 4) is 0 Å². The van der Waals surface area contributed by atoms with Crippen LogP contribution in [-0.4, -0.2) is 0 Å². The van der Waals surface area contributed by atoms with Crippen LogP contribution in [0.1, 0.15) is 25.7 Å². The summed E-state index contributed by atoms with van der Waals surface area (Å²) in [5.41, 5.74) is 0. The van der Waals surface area contributed by atoms with Crippen molar-refractivity contribution < 1.29 is 0 Å². The van der Waals surface area contributed by atoms with Crippen LogP contribution in [0.2, 0.25) is 0 Å². The largest absolute Gasteiger partial charge is 0.0882 e. The maximum absolute atomic E-state index is 2.47. The summed E-state index contributed by atoms with van der Waals surface area (Å²) in [4.78, 5) is 0. The maximum atomic E-state index is 2.47. The summed E-state index contributed by atoms with van der Waals surface area (Å²) in [5.74, 6) is 4.51. The Labute approximate surface area is 62.3 Å². The molecule has 2 saturated carbocycles. The standard InChI is InChI=1S/C10H14/c1-2-4-8-9-5-7(3-1)6-10(8)9/h1,3,7-10H,2,4-6H2. The van der Waals surface area contributed by atoms with Crippen molar-refractivity contribution in [3.05, 3.63) is 12.2 Å². The highest BCUT2D eigenvalue weighted by atomic mass is 14.6. The summed E-state index contributed by atoms with van der Waals surface area (Å²) in [6.45, 7) is 0. The van der Waals surface area contributed by atoms with E-state index in [1.165, 1.54) is 43.4 Å². The molecule has 4 aliphatic carbocycles. The molecule has 54 valence electrons. The van der Waals surface area contributed by atoms with E-state index in [0.29, 0.717) is 0 Å². The first-order valence-corrected chi connectivity index (χ1v) is 4.62. The minimum absolute atomic E-state index is 0.992. The van der Waals surface area contributed by atoms with E-state index in [1.54, 1.807) is 0 Å². The molecule has 0 spiro atoms.